The molecule has 0 aromatic heterocycles. The first kappa shape index (κ1) is 14.4. The number of hydrogen-bond donors (Lipinski definition) is 1. The normalized spacial score (nSPS) is 14.2. The molecule has 0 bridgehead atoms. The molecule has 0 fully saturated rings. The second kappa shape index (κ2) is 7.65. The number of hydrogen-bond acceptors (Lipinski definition) is 2. The minimum absolute atomic E-state index is 0.0798. The van der Waals surface area contributed by atoms with Crippen molar-refractivity contribution in [3.8, 4) is 0 Å². The van der Waals surface area contributed by atoms with E-state index in [1.165, 1.54) is 0 Å². The zero-order valence-corrected chi connectivity index (χ0v) is 11.3. The molecule has 0 radical (unpaired) electrons. The van der Waals surface area contributed by atoms with Crippen molar-refractivity contribution < 1.29 is 8.42 Å². The van der Waals surface area contributed by atoms with Crippen LogP contribution in [0.25, 0.3) is 0 Å². The maximum absolute atomic E-state index is 11.5. The Morgan fingerprint density at radius 1 is 1.36 bits per heavy atom. The van der Waals surface area contributed by atoms with E-state index in [1.807, 2.05) is 13.8 Å². The highest BCUT2D eigenvalue weighted by Crippen LogP contribution is 2.04. The molecule has 1 unspecified atom stereocenters. The molecule has 1 atom stereocenters. The summed E-state index contributed by atoms with van der Waals surface area (Å²) in [5.41, 5.74) is 0. The molecule has 0 saturated carbocycles. The Morgan fingerprint density at radius 3 is 2.43 bits per heavy atom. The molecule has 0 aliphatic rings. The summed E-state index contributed by atoms with van der Waals surface area (Å²) in [6.45, 7) is 3.99. The average Bonchev–Trinajstić information content (AvgIpc) is 2.14. The summed E-state index contributed by atoms with van der Waals surface area (Å²) in [5, 5.41) is 0.835. The summed E-state index contributed by atoms with van der Waals surface area (Å²) in [6, 6.07) is 0.0798. The number of nitrogens with one attached hydrogen (secondary N) is 1. The van der Waals surface area contributed by atoms with Crippen LogP contribution in [0, 0.1) is 0 Å². The first-order chi connectivity index (χ1) is 6.55. The molecule has 14 heavy (non-hydrogen) atoms. The topological polar surface area (TPSA) is 46.2 Å². The molecule has 86 valence electrons. The highest BCUT2D eigenvalue weighted by molar-refractivity contribution is 9.09. The number of unbranched alkanes of at least 4 members (excludes halogenated alkanes) is 1. The van der Waals surface area contributed by atoms with Crippen molar-refractivity contribution in [3.05, 3.63) is 0 Å². The third kappa shape index (κ3) is 6.79. The third-order valence-corrected chi connectivity index (χ3v) is 4.04. The summed E-state index contributed by atoms with van der Waals surface area (Å²) in [5.74, 6) is 0.252. The average molecular weight is 286 g/mol. The van der Waals surface area contributed by atoms with Crippen LogP contribution in [0.15, 0.2) is 0 Å². The Balaban J connectivity index is 4.04. The molecule has 0 spiro atoms. The van der Waals surface area contributed by atoms with Gasteiger partial charge >= 0.3 is 0 Å². The molecule has 0 saturated heterocycles. The smallest absolute Gasteiger partial charge is 0.211 e. The van der Waals surface area contributed by atoms with Crippen LogP contribution in [-0.2, 0) is 10.0 Å². The fraction of sp³-hybridized carbons (Fsp3) is 1.00. The molecular formula is C9H20BrNO2S. The predicted octanol–water partition coefficient (Wildman–Crippen LogP) is 2.27. The van der Waals surface area contributed by atoms with Crippen molar-refractivity contribution in [2.75, 3.05) is 11.1 Å². The Morgan fingerprint density at radius 2 is 2.00 bits per heavy atom. The predicted molar refractivity (Wildman–Crippen MR) is 64.3 cm³/mol. The van der Waals surface area contributed by atoms with Gasteiger partial charge < -0.3 is 0 Å². The Bertz CT molecular complexity index is 229. The van der Waals surface area contributed by atoms with Gasteiger partial charge in [0.25, 0.3) is 0 Å². The van der Waals surface area contributed by atoms with Crippen molar-refractivity contribution in [2.45, 2.75) is 45.6 Å². The van der Waals surface area contributed by atoms with E-state index in [0.29, 0.717) is 0 Å². The van der Waals surface area contributed by atoms with E-state index in [4.69, 9.17) is 0 Å². The zero-order chi connectivity index (χ0) is 11.0. The van der Waals surface area contributed by atoms with Gasteiger partial charge in [-0.3, -0.25) is 0 Å². The lowest BCUT2D eigenvalue weighted by Gasteiger charge is -2.15. The second-order valence-corrected chi connectivity index (χ2v) is 6.04. The Labute approximate surface area is 95.8 Å². The van der Waals surface area contributed by atoms with Gasteiger partial charge in [0, 0.05) is 11.4 Å². The molecule has 0 heterocycles. The molecular weight excluding hydrogens is 266 g/mol. The number of alkyl halides is 1. The van der Waals surface area contributed by atoms with Crippen molar-refractivity contribution in [1.82, 2.24) is 4.72 Å². The molecule has 0 aliphatic carbocycles. The van der Waals surface area contributed by atoms with Gasteiger partial charge in [-0.1, -0.05) is 36.2 Å². The van der Waals surface area contributed by atoms with Crippen LogP contribution >= 0.6 is 15.9 Å². The van der Waals surface area contributed by atoms with Crippen molar-refractivity contribution >= 4 is 26.0 Å². The van der Waals surface area contributed by atoms with Gasteiger partial charge in [0.05, 0.1) is 5.75 Å². The number of rotatable bonds is 8. The Hall–Kier alpha value is 0.390. The van der Waals surface area contributed by atoms with Crippen LogP contribution in [0.5, 0.6) is 0 Å². The summed E-state index contributed by atoms with van der Waals surface area (Å²) >= 11 is 3.32. The second-order valence-electron chi connectivity index (χ2n) is 3.37. The number of halogens is 1. The standard InChI is InChI=1S/C9H20BrNO2S/c1-3-5-8-14(12,13)11-9(4-2)6-7-10/h9,11H,3-8H2,1-2H3. The van der Waals surface area contributed by atoms with Gasteiger partial charge in [0.2, 0.25) is 10.0 Å². The van der Waals surface area contributed by atoms with E-state index in [0.717, 1.165) is 31.0 Å². The van der Waals surface area contributed by atoms with Crippen molar-refractivity contribution in [2.24, 2.45) is 0 Å². The fourth-order valence-electron chi connectivity index (χ4n) is 1.13. The minimum atomic E-state index is -3.05. The SMILES string of the molecule is CCCCS(=O)(=O)NC(CC)CCBr. The largest absolute Gasteiger partial charge is 0.212 e. The van der Waals surface area contributed by atoms with E-state index in [9.17, 15) is 8.42 Å². The monoisotopic (exact) mass is 285 g/mol. The lowest BCUT2D eigenvalue weighted by atomic mass is 10.2. The molecule has 0 aromatic carbocycles. The summed E-state index contributed by atoms with van der Waals surface area (Å²) in [4.78, 5) is 0. The van der Waals surface area contributed by atoms with Gasteiger partial charge in [0.1, 0.15) is 0 Å². The van der Waals surface area contributed by atoms with Crippen LogP contribution in [0.3, 0.4) is 0 Å². The first-order valence-corrected chi connectivity index (χ1v) is 7.89. The van der Waals surface area contributed by atoms with Crippen LogP contribution in [0.1, 0.15) is 39.5 Å². The molecule has 0 aliphatic heterocycles. The molecule has 1 N–H and O–H groups in total. The van der Waals surface area contributed by atoms with Crippen LogP contribution in [0.4, 0.5) is 0 Å². The van der Waals surface area contributed by atoms with Crippen LogP contribution in [0.2, 0.25) is 0 Å². The quantitative estimate of drug-likeness (QED) is 0.696. The Kier molecular flexibility index (Phi) is 7.86. The van der Waals surface area contributed by atoms with E-state index >= 15 is 0 Å². The highest BCUT2D eigenvalue weighted by Gasteiger charge is 2.14. The van der Waals surface area contributed by atoms with Gasteiger partial charge in [-0.15, -0.1) is 0 Å². The first-order valence-electron chi connectivity index (χ1n) is 5.11. The van der Waals surface area contributed by atoms with Crippen molar-refractivity contribution in [3.63, 3.8) is 0 Å². The van der Waals surface area contributed by atoms with E-state index < -0.39 is 10.0 Å². The third-order valence-electron chi connectivity index (χ3n) is 2.06. The van der Waals surface area contributed by atoms with Gasteiger partial charge in [-0.25, -0.2) is 13.1 Å². The van der Waals surface area contributed by atoms with Crippen LogP contribution < -0.4 is 4.72 Å². The van der Waals surface area contributed by atoms with E-state index in [2.05, 4.69) is 20.7 Å². The van der Waals surface area contributed by atoms with Crippen LogP contribution in [-0.4, -0.2) is 25.5 Å². The molecule has 0 rings (SSSR count). The van der Waals surface area contributed by atoms with Crippen molar-refractivity contribution in [1.29, 1.82) is 0 Å². The fourth-order valence-corrected chi connectivity index (χ4v) is 3.26. The minimum Gasteiger partial charge on any atom is -0.212 e. The molecule has 0 aromatic rings. The molecule has 5 heteroatoms. The van der Waals surface area contributed by atoms with Gasteiger partial charge in [-0.2, -0.15) is 0 Å². The lowest BCUT2D eigenvalue weighted by molar-refractivity contribution is 0.531. The summed E-state index contributed by atoms with van der Waals surface area (Å²) in [6.07, 6.45) is 3.34. The summed E-state index contributed by atoms with van der Waals surface area (Å²) < 4.78 is 25.7. The zero-order valence-electron chi connectivity index (χ0n) is 8.92. The maximum Gasteiger partial charge on any atom is 0.211 e. The highest BCUT2D eigenvalue weighted by atomic mass is 79.9. The summed E-state index contributed by atoms with van der Waals surface area (Å²) in [7, 11) is -3.05. The maximum atomic E-state index is 11.5. The van der Waals surface area contributed by atoms with E-state index in [1.54, 1.807) is 0 Å². The lowest BCUT2D eigenvalue weighted by Crippen LogP contribution is -2.36. The van der Waals surface area contributed by atoms with E-state index in [-0.39, 0.29) is 11.8 Å². The van der Waals surface area contributed by atoms with Gasteiger partial charge in [-0.05, 0) is 19.3 Å². The molecule has 0 amide bonds. The van der Waals surface area contributed by atoms with Gasteiger partial charge in [0.15, 0.2) is 0 Å². The number of sulfonamides is 1. The molecule has 3 nitrogen and oxygen atoms in total.